The summed E-state index contributed by atoms with van der Waals surface area (Å²) in [6.45, 7) is 12.6. The van der Waals surface area contributed by atoms with Gasteiger partial charge in [0.2, 0.25) is 0 Å². The van der Waals surface area contributed by atoms with Gasteiger partial charge in [-0.3, -0.25) is 4.90 Å². The molecule has 0 aromatic carbocycles. The molecular weight excluding hydrogens is 297 g/mol. The number of halogens is 2. The Balaban J connectivity index is 2.75. The standard InChI is InChI=1S/C14H21ClFN3O2/c1-9(15)17-18-10(2)19(8-11-6-12(16)7-11)13(20)21-14(3,4)5/h11-12H,1-2,6-8H2,3-5H3/b18-17-. The van der Waals surface area contributed by atoms with Gasteiger partial charge in [-0.2, -0.15) is 0 Å². The maximum atomic E-state index is 12.9. The van der Waals surface area contributed by atoms with E-state index in [1.165, 1.54) is 4.90 Å². The van der Waals surface area contributed by atoms with Crippen molar-refractivity contribution < 1.29 is 13.9 Å². The predicted octanol–water partition coefficient (Wildman–Crippen LogP) is 4.61. The summed E-state index contributed by atoms with van der Waals surface area (Å²) in [4.78, 5) is 13.4. The SMILES string of the molecule is C=C(Cl)/N=N\C(=C)N(CC1CC(F)C1)C(=O)OC(C)(C)C. The molecule has 0 spiro atoms. The Morgan fingerprint density at radius 1 is 1.38 bits per heavy atom. The van der Waals surface area contributed by atoms with E-state index < -0.39 is 17.9 Å². The minimum Gasteiger partial charge on any atom is -0.443 e. The molecule has 1 rings (SSSR count). The van der Waals surface area contributed by atoms with E-state index in [4.69, 9.17) is 16.3 Å². The molecule has 5 nitrogen and oxygen atoms in total. The monoisotopic (exact) mass is 317 g/mol. The van der Waals surface area contributed by atoms with Gasteiger partial charge in [-0.05, 0) is 39.5 Å². The zero-order valence-corrected chi connectivity index (χ0v) is 13.4. The summed E-state index contributed by atoms with van der Waals surface area (Å²) < 4.78 is 18.2. The van der Waals surface area contributed by atoms with Crippen LogP contribution >= 0.6 is 11.6 Å². The highest BCUT2D eigenvalue weighted by Crippen LogP contribution is 2.32. The third-order valence-electron chi connectivity index (χ3n) is 2.82. The molecule has 1 saturated carbocycles. The van der Waals surface area contributed by atoms with E-state index in [0.29, 0.717) is 19.4 Å². The van der Waals surface area contributed by atoms with Crippen molar-refractivity contribution >= 4 is 17.7 Å². The van der Waals surface area contributed by atoms with Crippen LogP contribution in [0, 0.1) is 5.92 Å². The fourth-order valence-electron chi connectivity index (χ4n) is 1.83. The summed E-state index contributed by atoms with van der Waals surface area (Å²) in [6.07, 6.45) is -0.542. The second kappa shape index (κ2) is 7.02. The zero-order chi connectivity index (χ0) is 16.2. The molecule has 1 aliphatic rings. The molecule has 7 heteroatoms. The number of nitrogens with zero attached hydrogens (tertiary/aromatic N) is 3. The minimum absolute atomic E-state index is 0.0206. The van der Waals surface area contributed by atoms with Crippen LogP contribution in [0.3, 0.4) is 0 Å². The number of alkyl halides is 1. The average Bonchev–Trinajstić information content (AvgIpc) is 2.27. The van der Waals surface area contributed by atoms with Crippen molar-refractivity contribution in [2.75, 3.05) is 6.54 Å². The van der Waals surface area contributed by atoms with E-state index in [0.717, 1.165) is 0 Å². The minimum atomic E-state index is -0.798. The van der Waals surface area contributed by atoms with Crippen LogP contribution in [-0.4, -0.2) is 29.3 Å². The molecule has 1 aliphatic carbocycles. The summed E-state index contributed by atoms with van der Waals surface area (Å²) in [7, 11) is 0. The molecule has 0 aromatic rings. The van der Waals surface area contributed by atoms with Crippen LogP contribution in [0.25, 0.3) is 0 Å². The maximum absolute atomic E-state index is 12.9. The first-order valence-corrected chi connectivity index (χ1v) is 7.06. The summed E-state index contributed by atoms with van der Waals surface area (Å²) in [5.41, 5.74) is -0.648. The topological polar surface area (TPSA) is 54.3 Å². The summed E-state index contributed by atoms with van der Waals surface area (Å²) >= 11 is 5.50. The number of azo groups is 1. The molecule has 0 radical (unpaired) electrons. The highest BCUT2D eigenvalue weighted by Gasteiger charge is 2.34. The van der Waals surface area contributed by atoms with E-state index in [-0.39, 0.29) is 16.9 Å². The molecule has 0 bridgehead atoms. The van der Waals surface area contributed by atoms with Crippen molar-refractivity contribution in [3.8, 4) is 0 Å². The van der Waals surface area contributed by atoms with Crippen molar-refractivity contribution in [2.45, 2.75) is 45.4 Å². The first-order valence-electron chi connectivity index (χ1n) is 6.68. The molecule has 0 unspecified atom stereocenters. The number of rotatable bonds is 5. The van der Waals surface area contributed by atoms with Crippen LogP contribution in [0.1, 0.15) is 33.6 Å². The first-order chi connectivity index (χ1) is 9.58. The van der Waals surface area contributed by atoms with E-state index in [1.807, 2.05) is 0 Å². The summed E-state index contributed by atoms with van der Waals surface area (Å²) in [5, 5.41) is 7.28. The second-order valence-corrected chi connectivity index (χ2v) is 6.45. The van der Waals surface area contributed by atoms with Crippen LogP contribution in [0.2, 0.25) is 0 Å². The van der Waals surface area contributed by atoms with Crippen LogP contribution < -0.4 is 0 Å². The van der Waals surface area contributed by atoms with Gasteiger partial charge in [0.15, 0.2) is 5.82 Å². The number of hydrogen-bond acceptors (Lipinski definition) is 4. The molecule has 0 aromatic heterocycles. The Hall–Kier alpha value is -1.43. The Morgan fingerprint density at radius 2 is 1.95 bits per heavy atom. The molecule has 1 fully saturated rings. The van der Waals surface area contributed by atoms with Crippen LogP contribution in [0.4, 0.5) is 9.18 Å². The molecule has 0 aliphatic heterocycles. The Labute approximate surface area is 129 Å². The number of carbonyl (C=O) groups is 1. The summed E-state index contributed by atoms with van der Waals surface area (Å²) in [6, 6.07) is 0. The molecule has 0 N–H and O–H groups in total. The van der Waals surface area contributed by atoms with Gasteiger partial charge in [0.05, 0.1) is 0 Å². The van der Waals surface area contributed by atoms with E-state index in [1.54, 1.807) is 20.8 Å². The highest BCUT2D eigenvalue weighted by atomic mass is 35.5. The van der Waals surface area contributed by atoms with Gasteiger partial charge >= 0.3 is 6.09 Å². The number of ether oxygens (including phenoxy) is 1. The quantitative estimate of drug-likeness (QED) is 0.549. The second-order valence-electron chi connectivity index (χ2n) is 6.02. The van der Waals surface area contributed by atoms with Gasteiger partial charge < -0.3 is 4.74 Å². The third-order valence-corrected chi connectivity index (χ3v) is 2.89. The van der Waals surface area contributed by atoms with Crippen molar-refractivity contribution in [3.63, 3.8) is 0 Å². The van der Waals surface area contributed by atoms with Gasteiger partial charge in [0.1, 0.15) is 16.9 Å². The lowest BCUT2D eigenvalue weighted by Crippen LogP contribution is -2.42. The van der Waals surface area contributed by atoms with Gasteiger partial charge in [0.25, 0.3) is 0 Å². The van der Waals surface area contributed by atoms with E-state index >= 15 is 0 Å². The molecule has 0 atom stereocenters. The van der Waals surface area contributed by atoms with Crippen LogP contribution in [0.5, 0.6) is 0 Å². The van der Waals surface area contributed by atoms with E-state index in [9.17, 15) is 9.18 Å². The molecule has 0 heterocycles. The van der Waals surface area contributed by atoms with E-state index in [2.05, 4.69) is 23.4 Å². The Kier molecular flexibility index (Phi) is 5.89. The normalized spacial score (nSPS) is 21.8. The van der Waals surface area contributed by atoms with Crippen LogP contribution in [0.15, 0.2) is 34.4 Å². The maximum Gasteiger partial charge on any atom is 0.416 e. The smallest absolute Gasteiger partial charge is 0.416 e. The number of amides is 1. The van der Waals surface area contributed by atoms with Crippen molar-refractivity contribution in [2.24, 2.45) is 16.1 Å². The fourth-order valence-corrected chi connectivity index (χ4v) is 1.87. The highest BCUT2D eigenvalue weighted by molar-refractivity contribution is 6.28. The lowest BCUT2D eigenvalue weighted by Gasteiger charge is -2.34. The third kappa shape index (κ3) is 6.25. The molecular formula is C14H21ClFN3O2. The van der Waals surface area contributed by atoms with Gasteiger partial charge in [-0.1, -0.05) is 24.8 Å². The van der Waals surface area contributed by atoms with Crippen LogP contribution in [-0.2, 0) is 4.74 Å². The van der Waals surface area contributed by atoms with Crippen molar-refractivity contribution in [1.82, 2.24) is 4.90 Å². The Morgan fingerprint density at radius 3 is 2.38 bits per heavy atom. The van der Waals surface area contributed by atoms with Crippen molar-refractivity contribution in [3.05, 3.63) is 24.1 Å². The van der Waals surface area contributed by atoms with Gasteiger partial charge in [-0.15, -0.1) is 10.2 Å². The average molecular weight is 318 g/mol. The lowest BCUT2D eigenvalue weighted by atomic mass is 9.83. The number of hydrogen-bond donors (Lipinski definition) is 0. The van der Waals surface area contributed by atoms with Crippen molar-refractivity contribution in [1.29, 1.82) is 0 Å². The fraction of sp³-hybridized carbons (Fsp3) is 0.643. The predicted molar refractivity (Wildman–Crippen MR) is 79.5 cm³/mol. The molecule has 21 heavy (non-hydrogen) atoms. The largest absolute Gasteiger partial charge is 0.443 e. The molecule has 1 amide bonds. The molecule has 0 saturated heterocycles. The number of carbonyl (C=O) groups excluding carboxylic acids is 1. The lowest BCUT2D eigenvalue weighted by molar-refractivity contribution is 0.0210. The molecule has 118 valence electrons. The first kappa shape index (κ1) is 17.6. The zero-order valence-electron chi connectivity index (χ0n) is 12.6. The van der Waals surface area contributed by atoms with Gasteiger partial charge in [0, 0.05) is 6.54 Å². The Bertz CT molecular complexity index is 454. The summed E-state index contributed by atoms with van der Waals surface area (Å²) in [5.74, 6) is 0.159. The van der Waals surface area contributed by atoms with Gasteiger partial charge in [-0.25, -0.2) is 9.18 Å².